The van der Waals surface area contributed by atoms with Crippen molar-refractivity contribution < 1.29 is 19.5 Å². The Labute approximate surface area is 196 Å². The van der Waals surface area contributed by atoms with E-state index in [9.17, 15) is 19.5 Å². The molecule has 0 aromatic heterocycles. The van der Waals surface area contributed by atoms with Crippen molar-refractivity contribution in [2.24, 2.45) is 11.7 Å². The van der Waals surface area contributed by atoms with Gasteiger partial charge in [-0.1, -0.05) is 62.4 Å². The third-order valence-corrected chi connectivity index (χ3v) is 6.81. The zero-order valence-corrected chi connectivity index (χ0v) is 19.3. The molecular formula is C25H38N4O4. The van der Waals surface area contributed by atoms with Gasteiger partial charge in [0.15, 0.2) is 0 Å². The number of nitrogens with two attached hydrogens (primary N) is 1. The molecule has 2 aliphatic carbocycles. The van der Waals surface area contributed by atoms with Crippen LogP contribution in [0, 0.1) is 5.92 Å². The first kappa shape index (κ1) is 25.0. The van der Waals surface area contributed by atoms with Crippen LogP contribution in [0.5, 0.6) is 0 Å². The summed E-state index contributed by atoms with van der Waals surface area (Å²) in [5, 5.41) is 17.8. The molecule has 0 saturated heterocycles. The summed E-state index contributed by atoms with van der Waals surface area (Å²) in [6, 6.07) is 7.89. The molecule has 1 aromatic carbocycles. The number of rotatable bonds is 12. The summed E-state index contributed by atoms with van der Waals surface area (Å²) in [5.41, 5.74) is 6.69. The minimum absolute atomic E-state index is 0.0710. The third-order valence-electron chi connectivity index (χ3n) is 6.81. The standard InChI is InChI=1S/C25H38N4O4/c26-14-8-7-13-20(24(31)32)28-25(33)29-22(15-17-9-3-1-4-10-17)23(30)27-21-16-19(21)18-11-5-2-6-12-18/h2,5-6,11-12,17,19-22H,1,3-4,7-10,13-16,26H2,(H,27,30)(H,31,32)(H2,28,29,33)/t19?,20-,21?,22+/m0/s1. The Morgan fingerprint density at radius 3 is 2.36 bits per heavy atom. The summed E-state index contributed by atoms with van der Waals surface area (Å²) in [4.78, 5) is 37.3. The molecule has 8 nitrogen and oxygen atoms in total. The Morgan fingerprint density at radius 1 is 1.00 bits per heavy atom. The van der Waals surface area contributed by atoms with Gasteiger partial charge in [-0.3, -0.25) is 4.79 Å². The first-order valence-electron chi connectivity index (χ1n) is 12.3. The molecule has 8 heteroatoms. The average Bonchev–Trinajstić information content (AvgIpc) is 3.58. The molecule has 0 heterocycles. The van der Waals surface area contributed by atoms with Crippen LogP contribution in [0.4, 0.5) is 4.79 Å². The number of amides is 3. The van der Waals surface area contributed by atoms with Crippen molar-refractivity contribution in [3.63, 3.8) is 0 Å². The predicted octanol–water partition coefficient (Wildman–Crippen LogP) is 2.88. The second kappa shape index (κ2) is 12.6. The highest BCUT2D eigenvalue weighted by Crippen LogP contribution is 2.40. The van der Waals surface area contributed by atoms with E-state index in [1.807, 2.05) is 18.2 Å². The number of carboxylic acids is 1. The third kappa shape index (κ3) is 8.03. The summed E-state index contributed by atoms with van der Waals surface area (Å²) >= 11 is 0. The molecule has 2 fully saturated rings. The van der Waals surface area contributed by atoms with Crippen LogP contribution in [-0.2, 0) is 9.59 Å². The fourth-order valence-corrected chi connectivity index (χ4v) is 4.80. The maximum Gasteiger partial charge on any atom is 0.326 e. The number of carbonyl (C=O) groups is 3. The van der Waals surface area contributed by atoms with Crippen LogP contribution < -0.4 is 21.7 Å². The van der Waals surface area contributed by atoms with Gasteiger partial charge in [-0.15, -0.1) is 0 Å². The lowest BCUT2D eigenvalue weighted by Crippen LogP contribution is -2.54. The van der Waals surface area contributed by atoms with E-state index in [0.29, 0.717) is 44.1 Å². The Bertz CT molecular complexity index is 782. The van der Waals surface area contributed by atoms with Crippen molar-refractivity contribution in [1.29, 1.82) is 0 Å². The lowest BCUT2D eigenvalue weighted by Gasteiger charge is -2.27. The molecule has 0 radical (unpaired) electrons. The molecule has 6 N–H and O–H groups in total. The normalized spacial score (nSPS) is 22.1. The van der Waals surface area contributed by atoms with Crippen LogP contribution in [0.1, 0.15) is 75.7 Å². The molecular weight excluding hydrogens is 420 g/mol. The lowest BCUT2D eigenvalue weighted by atomic mass is 9.84. The first-order chi connectivity index (χ1) is 16.0. The maximum absolute atomic E-state index is 13.1. The molecule has 3 amide bonds. The van der Waals surface area contributed by atoms with E-state index >= 15 is 0 Å². The monoisotopic (exact) mass is 458 g/mol. The van der Waals surface area contributed by atoms with Crippen LogP contribution >= 0.6 is 0 Å². The fourth-order valence-electron chi connectivity index (χ4n) is 4.80. The van der Waals surface area contributed by atoms with Gasteiger partial charge in [0.2, 0.25) is 5.91 Å². The highest BCUT2D eigenvalue weighted by molar-refractivity contribution is 5.89. The Morgan fingerprint density at radius 2 is 1.70 bits per heavy atom. The molecule has 2 saturated carbocycles. The molecule has 1 aromatic rings. The van der Waals surface area contributed by atoms with Crippen LogP contribution in [0.15, 0.2) is 30.3 Å². The van der Waals surface area contributed by atoms with E-state index in [2.05, 4.69) is 28.1 Å². The van der Waals surface area contributed by atoms with Crippen molar-refractivity contribution in [1.82, 2.24) is 16.0 Å². The summed E-state index contributed by atoms with van der Waals surface area (Å²) in [6.45, 7) is 0.479. The van der Waals surface area contributed by atoms with Crippen molar-refractivity contribution in [2.45, 2.75) is 88.3 Å². The molecule has 2 unspecified atom stereocenters. The van der Waals surface area contributed by atoms with Gasteiger partial charge in [0.05, 0.1) is 0 Å². The number of carboxylic acid groups (broad SMARTS) is 1. The number of aliphatic carboxylic acids is 1. The SMILES string of the molecule is NCCCC[C@H](NC(=O)N[C@H](CC1CCCCC1)C(=O)NC1CC1c1ccccc1)C(=O)O. The van der Waals surface area contributed by atoms with Crippen LogP contribution in [0.3, 0.4) is 0 Å². The molecule has 3 rings (SSSR count). The van der Waals surface area contributed by atoms with E-state index in [1.165, 1.54) is 12.0 Å². The molecule has 4 atom stereocenters. The predicted molar refractivity (Wildman–Crippen MR) is 127 cm³/mol. The summed E-state index contributed by atoms with van der Waals surface area (Å²) < 4.78 is 0. The number of benzene rings is 1. The maximum atomic E-state index is 13.1. The van der Waals surface area contributed by atoms with Gasteiger partial charge in [-0.05, 0) is 50.1 Å². The number of nitrogens with one attached hydrogen (secondary N) is 3. The smallest absolute Gasteiger partial charge is 0.326 e. The quantitative estimate of drug-likeness (QED) is 0.307. The van der Waals surface area contributed by atoms with E-state index in [1.54, 1.807) is 0 Å². The number of urea groups is 1. The minimum Gasteiger partial charge on any atom is -0.480 e. The zero-order chi connectivity index (χ0) is 23.6. The molecule has 2 aliphatic rings. The van der Waals surface area contributed by atoms with Crippen molar-refractivity contribution in [3.05, 3.63) is 35.9 Å². The van der Waals surface area contributed by atoms with E-state index in [0.717, 1.165) is 32.1 Å². The summed E-state index contributed by atoms with van der Waals surface area (Å²) in [5.74, 6) is -0.578. The topological polar surface area (TPSA) is 134 Å². The van der Waals surface area contributed by atoms with E-state index < -0.39 is 24.1 Å². The lowest BCUT2D eigenvalue weighted by molar-refractivity contribution is -0.139. The number of hydrogen-bond acceptors (Lipinski definition) is 4. The number of carbonyl (C=O) groups excluding carboxylic acids is 2. The van der Waals surface area contributed by atoms with Gasteiger partial charge in [0.1, 0.15) is 12.1 Å². The molecule has 0 aliphatic heterocycles. The molecule has 33 heavy (non-hydrogen) atoms. The van der Waals surface area contributed by atoms with Gasteiger partial charge in [0.25, 0.3) is 0 Å². The molecule has 182 valence electrons. The Balaban J connectivity index is 1.57. The zero-order valence-electron chi connectivity index (χ0n) is 19.3. The second-order valence-corrected chi connectivity index (χ2v) is 9.45. The van der Waals surface area contributed by atoms with E-state index in [4.69, 9.17) is 5.73 Å². The van der Waals surface area contributed by atoms with Gasteiger partial charge >= 0.3 is 12.0 Å². The first-order valence-corrected chi connectivity index (χ1v) is 12.3. The number of unbranched alkanes of at least 4 members (excludes halogenated alkanes) is 1. The Hall–Kier alpha value is -2.61. The summed E-state index contributed by atoms with van der Waals surface area (Å²) in [7, 11) is 0. The largest absolute Gasteiger partial charge is 0.480 e. The molecule has 0 bridgehead atoms. The van der Waals surface area contributed by atoms with Crippen LogP contribution in [0.25, 0.3) is 0 Å². The average molecular weight is 459 g/mol. The highest BCUT2D eigenvalue weighted by Gasteiger charge is 2.41. The van der Waals surface area contributed by atoms with Crippen molar-refractivity contribution >= 4 is 17.9 Å². The summed E-state index contributed by atoms with van der Waals surface area (Å²) in [6.07, 6.45) is 8.70. The van der Waals surface area contributed by atoms with Gasteiger partial charge in [0, 0.05) is 12.0 Å². The highest BCUT2D eigenvalue weighted by atomic mass is 16.4. The van der Waals surface area contributed by atoms with Crippen molar-refractivity contribution in [3.8, 4) is 0 Å². The molecule has 0 spiro atoms. The Kier molecular flexibility index (Phi) is 9.54. The van der Waals surface area contributed by atoms with Gasteiger partial charge in [-0.2, -0.15) is 0 Å². The van der Waals surface area contributed by atoms with Gasteiger partial charge < -0.3 is 26.8 Å². The fraction of sp³-hybridized carbons (Fsp3) is 0.640. The van der Waals surface area contributed by atoms with Gasteiger partial charge in [-0.25, -0.2) is 9.59 Å². The minimum atomic E-state index is -1.08. The van der Waals surface area contributed by atoms with Crippen molar-refractivity contribution in [2.75, 3.05) is 6.54 Å². The van der Waals surface area contributed by atoms with Crippen LogP contribution in [0.2, 0.25) is 0 Å². The van der Waals surface area contributed by atoms with Crippen LogP contribution in [-0.4, -0.2) is 47.7 Å². The number of hydrogen-bond donors (Lipinski definition) is 5. The second-order valence-electron chi connectivity index (χ2n) is 9.45. The van der Waals surface area contributed by atoms with E-state index in [-0.39, 0.29) is 11.9 Å².